The molecule has 0 spiro atoms. The second-order valence-corrected chi connectivity index (χ2v) is 6.57. The van der Waals surface area contributed by atoms with Crippen molar-refractivity contribution < 1.29 is 0 Å². The van der Waals surface area contributed by atoms with Crippen molar-refractivity contribution in [1.29, 1.82) is 0 Å². The van der Waals surface area contributed by atoms with Crippen LogP contribution in [-0.2, 0) is 6.54 Å². The van der Waals surface area contributed by atoms with Crippen molar-refractivity contribution in [3.63, 3.8) is 0 Å². The van der Waals surface area contributed by atoms with Gasteiger partial charge in [0.15, 0.2) is 5.82 Å². The Bertz CT molecular complexity index is 1210. The third-order valence-corrected chi connectivity index (χ3v) is 4.59. The van der Waals surface area contributed by atoms with E-state index < -0.39 is 5.69 Å². The Morgan fingerprint density at radius 1 is 1.04 bits per heavy atom. The maximum Gasteiger partial charge on any atom is 0.357 e. The average Bonchev–Trinajstić information content (AvgIpc) is 2.66. The summed E-state index contributed by atoms with van der Waals surface area (Å²) in [4.78, 5) is 33.9. The summed E-state index contributed by atoms with van der Waals surface area (Å²) in [6, 6.07) is 14.2. The molecule has 7 heteroatoms. The number of hydrogen-bond acceptors (Lipinski definition) is 4. The fourth-order valence-electron chi connectivity index (χ4n) is 3.03. The van der Waals surface area contributed by atoms with Crippen molar-refractivity contribution in [2.24, 2.45) is 0 Å². The van der Waals surface area contributed by atoms with E-state index in [4.69, 9.17) is 11.6 Å². The summed E-state index contributed by atoms with van der Waals surface area (Å²) in [5.41, 5.74) is 1.64. The van der Waals surface area contributed by atoms with Crippen LogP contribution in [0.4, 0.5) is 0 Å². The molecular formula is C20H15ClN4O2. The number of aromatic nitrogens is 4. The highest BCUT2D eigenvalue weighted by Crippen LogP contribution is 2.17. The van der Waals surface area contributed by atoms with Crippen molar-refractivity contribution in [1.82, 2.24) is 19.1 Å². The molecule has 134 valence electrons. The minimum Gasteiger partial charge on any atom is -0.328 e. The standard InChI is InChI=1S/C20H15ClN4O2/c1-13-5-2-3-7-16(13)25-19(26)15-6-4-10-24(18(15)23-20(25)27)12-14-8-9-17(21)22-11-14/h2-11H,12H2,1H3. The molecular weight excluding hydrogens is 364 g/mol. The maximum atomic E-state index is 13.0. The van der Waals surface area contributed by atoms with Crippen LogP contribution in [0.15, 0.2) is 70.5 Å². The zero-order valence-electron chi connectivity index (χ0n) is 14.5. The first-order chi connectivity index (χ1) is 13.0. The molecule has 0 saturated carbocycles. The number of fused-ring (bicyclic) bond motifs is 1. The summed E-state index contributed by atoms with van der Waals surface area (Å²) >= 11 is 5.82. The van der Waals surface area contributed by atoms with Crippen LogP contribution in [0.1, 0.15) is 11.1 Å². The van der Waals surface area contributed by atoms with Crippen LogP contribution in [0.5, 0.6) is 0 Å². The summed E-state index contributed by atoms with van der Waals surface area (Å²) < 4.78 is 2.87. The number of aryl methyl sites for hydroxylation is 1. The quantitative estimate of drug-likeness (QED) is 0.514. The number of halogens is 1. The molecule has 1 aromatic carbocycles. The lowest BCUT2D eigenvalue weighted by atomic mass is 10.2. The Hall–Kier alpha value is -3.25. The van der Waals surface area contributed by atoms with Crippen LogP contribution < -0.4 is 11.2 Å². The molecule has 2 aromatic rings. The molecule has 0 N–H and O–H groups in total. The van der Waals surface area contributed by atoms with Gasteiger partial charge in [-0.3, -0.25) is 4.79 Å². The molecule has 0 saturated heterocycles. The van der Waals surface area contributed by atoms with Crippen molar-refractivity contribution >= 4 is 11.6 Å². The van der Waals surface area contributed by atoms with Gasteiger partial charge in [-0.15, -0.1) is 0 Å². The fraction of sp³-hybridized carbons (Fsp3) is 0.100. The third-order valence-electron chi connectivity index (χ3n) is 4.37. The summed E-state index contributed by atoms with van der Waals surface area (Å²) in [6.45, 7) is 2.27. The number of benzene rings is 1. The summed E-state index contributed by atoms with van der Waals surface area (Å²) in [5.74, 6) is 0.340. The number of nitrogens with zero attached hydrogens (tertiary/aromatic N) is 4. The third kappa shape index (κ3) is 3.15. The van der Waals surface area contributed by atoms with Gasteiger partial charge < -0.3 is 4.57 Å². The molecule has 0 aliphatic carbocycles. The van der Waals surface area contributed by atoms with Crippen LogP contribution in [0.2, 0.25) is 5.15 Å². The molecule has 0 atom stereocenters. The van der Waals surface area contributed by atoms with E-state index in [1.54, 1.807) is 47.3 Å². The first-order valence-electron chi connectivity index (χ1n) is 8.33. The molecule has 0 unspecified atom stereocenters. The Morgan fingerprint density at radius 2 is 1.85 bits per heavy atom. The molecule has 0 amide bonds. The highest BCUT2D eigenvalue weighted by Gasteiger charge is 2.18. The summed E-state index contributed by atoms with van der Waals surface area (Å²) in [6.07, 6.45) is 3.43. The van der Waals surface area contributed by atoms with Gasteiger partial charge >= 0.3 is 5.69 Å². The first kappa shape index (κ1) is 17.2. The van der Waals surface area contributed by atoms with Gasteiger partial charge in [-0.05, 0) is 42.3 Å². The van der Waals surface area contributed by atoms with E-state index in [-0.39, 0.29) is 5.56 Å². The SMILES string of the molecule is Cc1ccccc1-n1c(=O)nc2n(Cc3ccc(Cl)nc3)cccc-2c1=O. The summed E-state index contributed by atoms with van der Waals surface area (Å²) in [7, 11) is 0. The van der Waals surface area contributed by atoms with E-state index in [0.29, 0.717) is 28.8 Å². The van der Waals surface area contributed by atoms with Gasteiger partial charge in [-0.25, -0.2) is 14.3 Å². The van der Waals surface area contributed by atoms with E-state index in [1.807, 2.05) is 25.1 Å². The van der Waals surface area contributed by atoms with Crippen molar-refractivity contribution in [3.05, 3.63) is 98.0 Å². The monoisotopic (exact) mass is 378 g/mol. The molecule has 3 heterocycles. The molecule has 0 bridgehead atoms. The maximum absolute atomic E-state index is 13.0. The van der Waals surface area contributed by atoms with E-state index in [0.717, 1.165) is 15.7 Å². The van der Waals surface area contributed by atoms with E-state index >= 15 is 0 Å². The predicted octanol–water partition coefficient (Wildman–Crippen LogP) is 2.90. The van der Waals surface area contributed by atoms with Crippen LogP contribution >= 0.6 is 11.6 Å². The average molecular weight is 379 g/mol. The smallest absolute Gasteiger partial charge is 0.328 e. The predicted molar refractivity (Wildman–Crippen MR) is 104 cm³/mol. The van der Waals surface area contributed by atoms with E-state index in [1.165, 1.54) is 0 Å². The second kappa shape index (κ2) is 6.81. The van der Waals surface area contributed by atoms with Crippen LogP contribution in [0.25, 0.3) is 17.1 Å². The van der Waals surface area contributed by atoms with Gasteiger partial charge in [0.2, 0.25) is 0 Å². The number of para-hydroxylation sites is 1. The minimum atomic E-state index is -0.601. The zero-order valence-corrected chi connectivity index (χ0v) is 15.2. The molecule has 27 heavy (non-hydrogen) atoms. The van der Waals surface area contributed by atoms with Crippen molar-refractivity contribution in [2.75, 3.05) is 0 Å². The lowest BCUT2D eigenvalue weighted by Crippen LogP contribution is -2.37. The van der Waals surface area contributed by atoms with E-state index in [9.17, 15) is 9.59 Å². The van der Waals surface area contributed by atoms with Crippen LogP contribution in [0.3, 0.4) is 0 Å². The van der Waals surface area contributed by atoms with Crippen LogP contribution in [0, 0.1) is 6.92 Å². The molecule has 4 rings (SSSR count). The fourth-order valence-corrected chi connectivity index (χ4v) is 3.15. The normalized spacial score (nSPS) is 11.0. The van der Waals surface area contributed by atoms with Gasteiger partial charge in [0.25, 0.3) is 5.56 Å². The molecule has 0 radical (unpaired) electrons. The van der Waals surface area contributed by atoms with Crippen LogP contribution in [-0.4, -0.2) is 19.1 Å². The lowest BCUT2D eigenvalue weighted by molar-refractivity contribution is 0.749. The highest BCUT2D eigenvalue weighted by molar-refractivity contribution is 6.29. The molecule has 2 aliphatic rings. The van der Waals surface area contributed by atoms with Crippen molar-refractivity contribution in [3.8, 4) is 17.1 Å². The summed E-state index contributed by atoms with van der Waals surface area (Å²) in [5, 5.41) is 0.405. The molecule has 0 fully saturated rings. The topological polar surface area (TPSA) is 69.8 Å². The number of rotatable bonds is 3. The minimum absolute atomic E-state index is 0.340. The van der Waals surface area contributed by atoms with Gasteiger partial charge in [0, 0.05) is 12.4 Å². The number of hydrogen-bond donors (Lipinski definition) is 0. The molecule has 2 aliphatic heterocycles. The Morgan fingerprint density at radius 3 is 2.59 bits per heavy atom. The Balaban J connectivity index is 1.89. The van der Waals surface area contributed by atoms with Crippen molar-refractivity contribution in [2.45, 2.75) is 13.5 Å². The first-order valence-corrected chi connectivity index (χ1v) is 8.71. The Labute approximate surface area is 159 Å². The van der Waals surface area contributed by atoms with E-state index in [2.05, 4.69) is 9.97 Å². The molecule has 6 nitrogen and oxygen atoms in total. The largest absolute Gasteiger partial charge is 0.357 e. The number of pyridine rings is 2. The second-order valence-electron chi connectivity index (χ2n) is 6.18. The highest BCUT2D eigenvalue weighted by atomic mass is 35.5. The van der Waals surface area contributed by atoms with Gasteiger partial charge in [-0.1, -0.05) is 35.9 Å². The Kier molecular flexibility index (Phi) is 4.33. The van der Waals surface area contributed by atoms with Gasteiger partial charge in [0.05, 0.1) is 17.8 Å². The zero-order chi connectivity index (χ0) is 19.0. The van der Waals surface area contributed by atoms with Gasteiger partial charge in [0.1, 0.15) is 5.15 Å². The molecule has 1 aromatic heterocycles. The van der Waals surface area contributed by atoms with Gasteiger partial charge in [-0.2, -0.15) is 4.98 Å². The lowest BCUT2D eigenvalue weighted by Gasteiger charge is -2.16.